The quantitative estimate of drug-likeness (QED) is 0.779. The van der Waals surface area contributed by atoms with Gasteiger partial charge in [0.25, 0.3) is 0 Å². The molecule has 1 atom stereocenters. The van der Waals surface area contributed by atoms with Crippen LogP contribution in [0.3, 0.4) is 0 Å². The lowest BCUT2D eigenvalue weighted by Crippen LogP contribution is -2.15. The molecule has 4 nitrogen and oxygen atoms in total. The van der Waals surface area contributed by atoms with E-state index >= 15 is 0 Å². The molecule has 2 heterocycles. The van der Waals surface area contributed by atoms with Crippen LogP contribution in [0.15, 0.2) is 6.20 Å². The Labute approximate surface area is 89.4 Å². The molecule has 82 valence electrons. The van der Waals surface area contributed by atoms with E-state index in [1.807, 2.05) is 6.20 Å². The maximum Gasteiger partial charge on any atom is 0.111 e. The number of hydrogen-bond donors (Lipinski definition) is 2. The van der Waals surface area contributed by atoms with Crippen LogP contribution in [0, 0.1) is 0 Å². The van der Waals surface area contributed by atoms with Crippen molar-refractivity contribution in [2.75, 3.05) is 13.2 Å². The van der Waals surface area contributed by atoms with Crippen LogP contribution in [0.5, 0.6) is 0 Å². The van der Waals surface area contributed by atoms with Gasteiger partial charge in [-0.05, 0) is 19.3 Å². The number of rotatable bonds is 4. The van der Waals surface area contributed by atoms with Crippen molar-refractivity contribution in [1.29, 1.82) is 0 Å². The monoisotopic (exact) mass is 207 g/mol. The second-order valence-corrected chi connectivity index (χ2v) is 4.51. The topological polar surface area (TPSA) is 49.9 Å². The molecule has 1 aromatic rings. The summed E-state index contributed by atoms with van der Waals surface area (Å²) < 4.78 is 5.35. The number of nitrogens with one attached hydrogen (secondary N) is 2. The van der Waals surface area contributed by atoms with E-state index in [-0.39, 0.29) is 0 Å². The Morgan fingerprint density at radius 1 is 1.47 bits per heavy atom. The van der Waals surface area contributed by atoms with Crippen LogP contribution < -0.4 is 5.32 Å². The number of nitrogens with zero attached hydrogens (tertiary/aromatic N) is 1. The highest BCUT2D eigenvalue weighted by atomic mass is 16.5. The molecular formula is C11H17N3O. The SMILES string of the molecule is c1nc(C2CCOC2)[nH]c1CNC1CC1. The van der Waals surface area contributed by atoms with Gasteiger partial charge >= 0.3 is 0 Å². The van der Waals surface area contributed by atoms with Crippen molar-refractivity contribution in [2.45, 2.75) is 37.8 Å². The van der Waals surface area contributed by atoms with Crippen molar-refractivity contribution in [2.24, 2.45) is 0 Å². The van der Waals surface area contributed by atoms with Crippen LogP contribution in [0.4, 0.5) is 0 Å². The molecule has 2 aliphatic rings. The lowest BCUT2D eigenvalue weighted by atomic mass is 10.1. The average molecular weight is 207 g/mol. The van der Waals surface area contributed by atoms with E-state index in [0.717, 1.165) is 38.0 Å². The molecule has 1 aliphatic carbocycles. The van der Waals surface area contributed by atoms with Gasteiger partial charge in [0.1, 0.15) is 5.82 Å². The van der Waals surface area contributed by atoms with Crippen molar-refractivity contribution < 1.29 is 4.74 Å². The first-order valence-electron chi connectivity index (χ1n) is 5.77. The molecule has 1 saturated heterocycles. The molecule has 0 bridgehead atoms. The van der Waals surface area contributed by atoms with Gasteiger partial charge in [-0.15, -0.1) is 0 Å². The second-order valence-electron chi connectivity index (χ2n) is 4.51. The molecule has 2 fully saturated rings. The number of imidazole rings is 1. The molecule has 0 amide bonds. The molecule has 1 aliphatic heterocycles. The predicted molar refractivity (Wildman–Crippen MR) is 56.6 cm³/mol. The van der Waals surface area contributed by atoms with Crippen LogP contribution in [-0.2, 0) is 11.3 Å². The van der Waals surface area contributed by atoms with E-state index in [1.54, 1.807) is 0 Å². The molecule has 2 N–H and O–H groups in total. The molecule has 1 unspecified atom stereocenters. The Kier molecular flexibility index (Phi) is 2.46. The van der Waals surface area contributed by atoms with Gasteiger partial charge in [-0.25, -0.2) is 4.98 Å². The Morgan fingerprint density at radius 2 is 2.40 bits per heavy atom. The van der Waals surface area contributed by atoms with Crippen molar-refractivity contribution in [3.8, 4) is 0 Å². The van der Waals surface area contributed by atoms with Crippen molar-refractivity contribution >= 4 is 0 Å². The van der Waals surface area contributed by atoms with E-state index in [1.165, 1.54) is 18.5 Å². The van der Waals surface area contributed by atoms with Crippen molar-refractivity contribution in [1.82, 2.24) is 15.3 Å². The minimum atomic E-state index is 0.486. The van der Waals surface area contributed by atoms with E-state index in [0.29, 0.717) is 5.92 Å². The summed E-state index contributed by atoms with van der Waals surface area (Å²) in [4.78, 5) is 7.81. The van der Waals surface area contributed by atoms with E-state index in [9.17, 15) is 0 Å². The van der Waals surface area contributed by atoms with Gasteiger partial charge in [0, 0.05) is 37.0 Å². The minimum absolute atomic E-state index is 0.486. The van der Waals surface area contributed by atoms with E-state index in [4.69, 9.17) is 4.74 Å². The second kappa shape index (κ2) is 3.94. The molecule has 0 radical (unpaired) electrons. The average Bonchev–Trinajstić information content (AvgIpc) is 2.78. The van der Waals surface area contributed by atoms with Crippen LogP contribution in [0.1, 0.15) is 36.7 Å². The number of H-pyrrole nitrogens is 1. The summed E-state index contributed by atoms with van der Waals surface area (Å²) in [6.45, 7) is 2.62. The lowest BCUT2D eigenvalue weighted by molar-refractivity contribution is 0.193. The largest absolute Gasteiger partial charge is 0.381 e. The summed E-state index contributed by atoms with van der Waals surface area (Å²) in [7, 11) is 0. The molecule has 0 spiro atoms. The highest BCUT2D eigenvalue weighted by Crippen LogP contribution is 2.23. The first-order valence-corrected chi connectivity index (χ1v) is 5.77. The van der Waals surface area contributed by atoms with Crippen molar-refractivity contribution in [3.63, 3.8) is 0 Å². The summed E-state index contributed by atoms with van der Waals surface area (Å²) in [6, 6.07) is 0.756. The molecule has 3 rings (SSSR count). The smallest absolute Gasteiger partial charge is 0.111 e. The fourth-order valence-electron chi connectivity index (χ4n) is 1.97. The fraction of sp³-hybridized carbons (Fsp3) is 0.727. The molecule has 1 saturated carbocycles. The Morgan fingerprint density at radius 3 is 3.13 bits per heavy atom. The van der Waals surface area contributed by atoms with Gasteiger partial charge in [0.05, 0.1) is 6.61 Å². The van der Waals surface area contributed by atoms with E-state index < -0.39 is 0 Å². The maximum absolute atomic E-state index is 5.35. The zero-order valence-electron chi connectivity index (χ0n) is 8.83. The van der Waals surface area contributed by atoms with Crippen LogP contribution >= 0.6 is 0 Å². The van der Waals surface area contributed by atoms with Gasteiger partial charge in [-0.3, -0.25) is 0 Å². The molecule has 1 aromatic heterocycles. The predicted octanol–water partition coefficient (Wildman–Crippen LogP) is 1.17. The minimum Gasteiger partial charge on any atom is -0.381 e. The third-order valence-electron chi connectivity index (χ3n) is 3.12. The van der Waals surface area contributed by atoms with Gasteiger partial charge in [0.15, 0.2) is 0 Å². The summed E-state index contributed by atoms with van der Waals surface area (Å²) in [5, 5.41) is 3.47. The molecular weight excluding hydrogens is 190 g/mol. The Bertz CT molecular complexity index is 326. The highest BCUT2D eigenvalue weighted by molar-refractivity contribution is 5.07. The summed E-state index contributed by atoms with van der Waals surface area (Å²) in [5.74, 6) is 1.58. The first-order chi connectivity index (χ1) is 7.42. The maximum atomic E-state index is 5.35. The lowest BCUT2D eigenvalue weighted by Gasteiger charge is -2.02. The number of aromatic nitrogens is 2. The van der Waals surface area contributed by atoms with Gasteiger partial charge < -0.3 is 15.0 Å². The van der Waals surface area contributed by atoms with Gasteiger partial charge in [0.2, 0.25) is 0 Å². The number of ether oxygens (including phenoxy) is 1. The fourth-order valence-corrected chi connectivity index (χ4v) is 1.97. The number of hydrogen-bond acceptors (Lipinski definition) is 3. The standard InChI is InChI=1S/C11H17N3O/c1-2-9(1)12-5-10-6-13-11(14-10)8-3-4-15-7-8/h6,8-9,12H,1-5,7H2,(H,13,14). The van der Waals surface area contributed by atoms with Crippen LogP contribution in [0.25, 0.3) is 0 Å². The number of aromatic amines is 1. The summed E-state index contributed by atoms with van der Waals surface area (Å²) in [6.07, 6.45) is 5.71. The zero-order valence-corrected chi connectivity index (χ0v) is 8.83. The van der Waals surface area contributed by atoms with Gasteiger partial charge in [-0.2, -0.15) is 0 Å². The zero-order chi connectivity index (χ0) is 10.1. The Hall–Kier alpha value is -0.870. The third kappa shape index (κ3) is 2.21. The highest BCUT2D eigenvalue weighted by Gasteiger charge is 2.22. The molecule has 15 heavy (non-hydrogen) atoms. The van der Waals surface area contributed by atoms with E-state index in [2.05, 4.69) is 15.3 Å². The Balaban J connectivity index is 1.59. The third-order valence-corrected chi connectivity index (χ3v) is 3.12. The summed E-state index contributed by atoms with van der Waals surface area (Å²) >= 11 is 0. The first kappa shape index (κ1) is 9.36. The molecule has 0 aromatic carbocycles. The summed E-state index contributed by atoms with van der Waals surface area (Å²) in [5.41, 5.74) is 1.20. The van der Waals surface area contributed by atoms with Crippen LogP contribution in [0.2, 0.25) is 0 Å². The molecule has 4 heteroatoms. The van der Waals surface area contributed by atoms with Crippen molar-refractivity contribution in [3.05, 3.63) is 17.7 Å². The normalized spacial score (nSPS) is 26.0. The van der Waals surface area contributed by atoms with Gasteiger partial charge in [-0.1, -0.05) is 0 Å². The van der Waals surface area contributed by atoms with Crippen LogP contribution in [-0.4, -0.2) is 29.2 Å².